The van der Waals surface area contributed by atoms with Crippen LogP contribution in [-0.2, 0) is 23.8 Å². The molecule has 1 aromatic carbocycles. The Kier molecular flexibility index (Phi) is 9.55. The SMILES string of the molecule is CC(=O)OC(=O)C1CCCC(Oc2ccc(C=O)cc2C(=O)NCCNC(=O)OC(C)(C)C)O1. The van der Waals surface area contributed by atoms with E-state index < -0.39 is 41.9 Å². The molecule has 0 spiro atoms. The molecule has 1 aliphatic heterocycles. The summed E-state index contributed by atoms with van der Waals surface area (Å²) in [5.41, 5.74) is -0.298. The monoisotopic (exact) mass is 478 g/mol. The minimum atomic E-state index is -0.965. The van der Waals surface area contributed by atoms with Crippen molar-refractivity contribution >= 4 is 30.2 Å². The molecule has 0 saturated carbocycles. The van der Waals surface area contributed by atoms with Gasteiger partial charge in [0.25, 0.3) is 5.91 Å². The zero-order valence-electron chi connectivity index (χ0n) is 19.7. The van der Waals surface area contributed by atoms with Crippen molar-refractivity contribution in [2.24, 2.45) is 0 Å². The fraction of sp³-hybridized carbons (Fsp3) is 0.522. The molecule has 0 bridgehead atoms. The lowest BCUT2D eigenvalue weighted by atomic mass is 10.1. The highest BCUT2D eigenvalue weighted by molar-refractivity contribution is 5.98. The van der Waals surface area contributed by atoms with Gasteiger partial charge in [-0.25, -0.2) is 9.59 Å². The molecular weight excluding hydrogens is 448 g/mol. The topological polar surface area (TPSA) is 146 Å². The van der Waals surface area contributed by atoms with Crippen LogP contribution in [0.15, 0.2) is 18.2 Å². The van der Waals surface area contributed by atoms with Crippen LogP contribution in [0, 0.1) is 0 Å². The van der Waals surface area contributed by atoms with E-state index in [1.807, 2.05) is 0 Å². The first kappa shape index (κ1) is 26.8. The van der Waals surface area contributed by atoms with E-state index in [0.717, 1.165) is 6.92 Å². The first-order chi connectivity index (χ1) is 16.0. The van der Waals surface area contributed by atoms with Crippen molar-refractivity contribution < 1.29 is 42.9 Å². The lowest BCUT2D eigenvalue weighted by molar-refractivity contribution is -0.188. The van der Waals surface area contributed by atoms with Crippen LogP contribution in [0.25, 0.3) is 0 Å². The number of benzene rings is 1. The molecule has 1 saturated heterocycles. The van der Waals surface area contributed by atoms with Gasteiger partial charge in [-0.15, -0.1) is 0 Å². The van der Waals surface area contributed by atoms with Gasteiger partial charge >= 0.3 is 18.0 Å². The highest BCUT2D eigenvalue weighted by Crippen LogP contribution is 2.27. The van der Waals surface area contributed by atoms with E-state index in [-0.39, 0.29) is 30.0 Å². The molecule has 0 aromatic heterocycles. The summed E-state index contributed by atoms with van der Waals surface area (Å²) in [6.45, 7) is 6.55. The molecule has 11 nitrogen and oxygen atoms in total. The molecule has 0 radical (unpaired) electrons. The van der Waals surface area contributed by atoms with Gasteiger partial charge in [-0.05, 0) is 51.8 Å². The lowest BCUT2D eigenvalue weighted by Gasteiger charge is -2.29. The van der Waals surface area contributed by atoms with Crippen LogP contribution in [0.2, 0.25) is 0 Å². The number of hydrogen-bond acceptors (Lipinski definition) is 9. The maximum Gasteiger partial charge on any atom is 0.407 e. The number of amides is 2. The van der Waals surface area contributed by atoms with E-state index in [4.69, 9.17) is 14.2 Å². The second-order valence-electron chi connectivity index (χ2n) is 8.57. The summed E-state index contributed by atoms with van der Waals surface area (Å²) < 4.78 is 21.1. The number of nitrogens with one attached hydrogen (secondary N) is 2. The van der Waals surface area contributed by atoms with E-state index in [2.05, 4.69) is 15.4 Å². The molecular formula is C23H30N2O9. The Bertz CT molecular complexity index is 924. The zero-order valence-corrected chi connectivity index (χ0v) is 19.7. The molecule has 2 atom stereocenters. The number of carbonyl (C=O) groups is 5. The van der Waals surface area contributed by atoms with Crippen molar-refractivity contribution in [1.82, 2.24) is 10.6 Å². The normalized spacial score (nSPS) is 17.8. The van der Waals surface area contributed by atoms with Gasteiger partial charge in [0.15, 0.2) is 6.10 Å². The predicted octanol–water partition coefficient (Wildman–Crippen LogP) is 2.12. The Morgan fingerprint density at radius 1 is 1.12 bits per heavy atom. The number of hydrogen-bond donors (Lipinski definition) is 2. The number of ether oxygens (including phenoxy) is 4. The van der Waals surface area contributed by atoms with Crippen molar-refractivity contribution in [2.75, 3.05) is 13.1 Å². The molecule has 2 unspecified atom stereocenters. The average Bonchev–Trinajstić information content (AvgIpc) is 2.75. The van der Waals surface area contributed by atoms with Gasteiger partial charge in [-0.1, -0.05) is 0 Å². The first-order valence-corrected chi connectivity index (χ1v) is 10.9. The van der Waals surface area contributed by atoms with Crippen molar-refractivity contribution in [2.45, 2.75) is 65.0 Å². The van der Waals surface area contributed by atoms with Gasteiger partial charge in [0.2, 0.25) is 6.29 Å². The third-order valence-corrected chi connectivity index (χ3v) is 4.45. The van der Waals surface area contributed by atoms with Gasteiger partial charge in [-0.3, -0.25) is 14.4 Å². The number of carbonyl (C=O) groups excluding carboxylic acids is 5. The van der Waals surface area contributed by atoms with Crippen LogP contribution in [0.1, 0.15) is 67.7 Å². The Balaban J connectivity index is 2.00. The smallest absolute Gasteiger partial charge is 0.407 e. The summed E-state index contributed by atoms with van der Waals surface area (Å²) >= 11 is 0. The largest absolute Gasteiger partial charge is 0.464 e. The zero-order chi connectivity index (χ0) is 25.3. The van der Waals surface area contributed by atoms with E-state index in [1.165, 1.54) is 18.2 Å². The maximum atomic E-state index is 12.7. The van der Waals surface area contributed by atoms with Crippen molar-refractivity contribution in [3.8, 4) is 5.75 Å². The van der Waals surface area contributed by atoms with Crippen LogP contribution in [0.5, 0.6) is 5.75 Å². The van der Waals surface area contributed by atoms with Crippen LogP contribution >= 0.6 is 0 Å². The fourth-order valence-corrected chi connectivity index (χ4v) is 3.05. The molecule has 2 rings (SSSR count). The van der Waals surface area contributed by atoms with Crippen LogP contribution < -0.4 is 15.4 Å². The maximum absolute atomic E-state index is 12.7. The highest BCUT2D eigenvalue weighted by atomic mass is 16.7. The lowest BCUT2D eigenvalue weighted by Crippen LogP contribution is -2.39. The van der Waals surface area contributed by atoms with Gasteiger partial charge in [0.1, 0.15) is 17.6 Å². The Hall–Kier alpha value is -3.47. The Labute approximate surface area is 197 Å². The number of rotatable bonds is 8. The molecule has 2 amide bonds. The second kappa shape index (κ2) is 12.1. The summed E-state index contributed by atoms with van der Waals surface area (Å²) in [6, 6.07) is 4.30. The molecule has 34 heavy (non-hydrogen) atoms. The number of esters is 2. The molecule has 11 heteroatoms. The molecule has 0 aliphatic carbocycles. The third-order valence-electron chi connectivity index (χ3n) is 4.45. The predicted molar refractivity (Wildman–Crippen MR) is 118 cm³/mol. The van der Waals surface area contributed by atoms with Gasteiger partial charge in [0.05, 0.1) is 5.56 Å². The third kappa shape index (κ3) is 8.81. The van der Waals surface area contributed by atoms with Gasteiger partial charge < -0.3 is 29.6 Å². The Morgan fingerprint density at radius 2 is 1.82 bits per heavy atom. The molecule has 2 N–H and O–H groups in total. The van der Waals surface area contributed by atoms with Crippen molar-refractivity contribution in [3.05, 3.63) is 29.3 Å². The summed E-state index contributed by atoms with van der Waals surface area (Å²) in [5, 5.41) is 5.16. The second-order valence-corrected chi connectivity index (χ2v) is 8.57. The number of aldehydes is 1. The molecule has 186 valence electrons. The van der Waals surface area contributed by atoms with E-state index in [1.54, 1.807) is 20.8 Å². The standard InChI is InChI=1S/C23H30N2O9/c1-14(27)31-21(29)18-6-5-7-19(33-18)32-17-9-8-15(13-26)12-16(17)20(28)24-10-11-25-22(30)34-23(2,3)4/h8-9,12-13,18-19H,5-7,10-11H2,1-4H3,(H,24,28)(H,25,30). The average molecular weight is 478 g/mol. The summed E-state index contributed by atoms with van der Waals surface area (Å²) in [5.74, 6) is -1.92. The Morgan fingerprint density at radius 3 is 2.47 bits per heavy atom. The van der Waals surface area contributed by atoms with Gasteiger partial charge in [-0.2, -0.15) is 0 Å². The highest BCUT2D eigenvalue weighted by Gasteiger charge is 2.31. The first-order valence-electron chi connectivity index (χ1n) is 10.9. The molecule has 1 heterocycles. The summed E-state index contributed by atoms with van der Waals surface area (Å²) in [4.78, 5) is 58.6. The van der Waals surface area contributed by atoms with E-state index in [9.17, 15) is 24.0 Å². The minimum absolute atomic E-state index is 0.0823. The molecule has 1 aliphatic rings. The summed E-state index contributed by atoms with van der Waals surface area (Å²) in [7, 11) is 0. The van der Waals surface area contributed by atoms with Crippen LogP contribution in [-0.4, -0.2) is 61.3 Å². The molecule has 1 aromatic rings. The summed E-state index contributed by atoms with van der Waals surface area (Å²) in [6.07, 6.45) is -0.453. The fourth-order valence-electron chi connectivity index (χ4n) is 3.05. The van der Waals surface area contributed by atoms with Crippen LogP contribution in [0.4, 0.5) is 4.79 Å². The number of alkyl carbamates (subject to hydrolysis) is 1. The van der Waals surface area contributed by atoms with Crippen molar-refractivity contribution in [1.29, 1.82) is 0 Å². The van der Waals surface area contributed by atoms with Gasteiger partial charge in [0, 0.05) is 32.0 Å². The van der Waals surface area contributed by atoms with E-state index in [0.29, 0.717) is 25.5 Å². The van der Waals surface area contributed by atoms with E-state index >= 15 is 0 Å². The van der Waals surface area contributed by atoms with Crippen molar-refractivity contribution in [3.63, 3.8) is 0 Å². The van der Waals surface area contributed by atoms with Crippen LogP contribution in [0.3, 0.4) is 0 Å². The minimum Gasteiger partial charge on any atom is -0.464 e. The quantitative estimate of drug-likeness (QED) is 0.248. The molecule has 1 fully saturated rings.